The monoisotopic (exact) mass is 341 g/mol. The Labute approximate surface area is 135 Å². The van der Waals surface area contributed by atoms with E-state index >= 15 is 0 Å². The Kier molecular flexibility index (Phi) is 5.64. The van der Waals surface area contributed by atoms with E-state index in [0.29, 0.717) is 11.5 Å². The predicted octanol–water partition coefficient (Wildman–Crippen LogP) is 1.96. The maximum Gasteiger partial charge on any atom is 0.244 e. The highest BCUT2D eigenvalue weighted by molar-refractivity contribution is 7.89. The number of ether oxygens (including phenoxy) is 3. The van der Waals surface area contributed by atoms with Crippen molar-refractivity contribution in [2.75, 3.05) is 27.9 Å². The highest BCUT2D eigenvalue weighted by atomic mass is 32.2. The minimum absolute atomic E-state index is 0.00588. The molecule has 0 fully saturated rings. The van der Waals surface area contributed by atoms with E-state index < -0.39 is 16.1 Å². The Balaban J connectivity index is 2.21. The minimum atomic E-state index is -3.81. The van der Waals surface area contributed by atoms with Crippen molar-refractivity contribution >= 4 is 10.0 Å². The van der Waals surface area contributed by atoms with Crippen LogP contribution in [-0.4, -0.2) is 36.3 Å². The molecule has 0 amide bonds. The number of hydrogen-bond acceptors (Lipinski definition) is 6. The summed E-state index contributed by atoms with van der Waals surface area (Å²) < 4.78 is 48.2. The second kappa shape index (κ2) is 7.49. The van der Waals surface area contributed by atoms with Crippen LogP contribution in [0.3, 0.4) is 0 Å². The second-order valence-corrected chi connectivity index (χ2v) is 6.34. The van der Waals surface area contributed by atoms with Crippen molar-refractivity contribution < 1.29 is 27.0 Å². The van der Waals surface area contributed by atoms with Crippen molar-refractivity contribution in [3.05, 3.63) is 42.4 Å². The third-order valence-corrected chi connectivity index (χ3v) is 4.71. The van der Waals surface area contributed by atoms with Crippen LogP contribution in [0.25, 0.3) is 0 Å². The van der Waals surface area contributed by atoms with Gasteiger partial charge in [-0.05, 0) is 24.3 Å². The quantitative estimate of drug-likeness (QED) is 0.790. The van der Waals surface area contributed by atoms with E-state index in [2.05, 4.69) is 4.72 Å². The van der Waals surface area contributed by atoms with E-state index in [0.717, 1.165) is 0 Å². The van der Waals surface area contributed by atoms with Crippen LogP contribution in [0, 0.1) is 0 Å². The van der Waals surface area contributed by atoms with Crippen molar-refractivity contribution in [3.63, 3.8) is 0 Å². The maximum absolute atomic E-state index is 12.5. The van der Waals surface area contributed by atoms with E-state index in [4.69, 9.17) is 18.6 Å². The average molecular weight is 341 g/mol. The van der Waals surface area contributed by atoms with Gasteiger partial charge in [0, 0.05) is 19.7 Å². The largest absolute Gasteiger partial charge is 0.497 e. The summed E-state index contributed by atoms with van der Waals surface area (Å²) in [6.45, 7) is 0.0205. The number of benzene rings is 1. The van der Waals surface area contributed by atoms with Gasteiger partial charge in [0.2, 0.25) is 10.0 Å². The molecule has 8 heteroatoms. The first-order valence-corrected chi connectivity index (χ1v) is 8.28. The number of nitrogens with one attached hydrogen (secondary N) is 1. The fraction of sp³-hybridized carbons (Fsp3) is 0.333. The first-order valence-electron chi connectivity index (χ1n) is 6.79. The molecule has 0 radical (unpaired) electrons. The molecule has 0 spiro atoms. The topological polar surface area (TPSA) is 87.0 Å². The standard InChI is InChI=1S/C15H19NO6S/c1-19-11-6-7-13(20-2)15(9-11)23(17,18)16-10-14(21-3)12-5-4-8-22-12/h4-9,14,16H,10H2,1-3H3. The highest BCUT2D eigenvalue weighted by Gasteiger charge is 2.23. The van der Waals surface area contributed by atoms with E-state index in [1.165, 1.54) is 39.7 Å². The van der Waals surface area contributed by atoms with Gasteiger partial charge in [0.1, 0.15) is 28.3 Å². The average Bonchev–Trinajstić information content (AvgIpc) is 3.09. The van der Waals surface area contributed by atoms with Crippen LogP contribution < -0.4 is 14.2 Å². The molecule has 126 valence electrons. The molecule has 0 aliphatic rings. The van der Waals surface area contributed by atoms with Gasteiger partial charge in [-0.25, -0.2) is 13.1 Å². The van der Waals surface area contributed by atoms with Crippen LogP contribution in [0.4, 0.5) is 0 Å². The molecule has 0 aliphatic carbocycles. The zero-order chi connectivity index (χ0) is 16.9. The summed E-state index contributed by atoms with van der Waals surface area (Å²) in [6.07, 6.45) is 0.970. The molecular formula is C15H19NO6S. The van der Waals surface area contributed by atoms with Gasteiger partial charge in [0.05, 0.1) is 20.5 Å². The van der Waals surface area contributed by atoms with E-state index in [1.807, 2.05) is 0 Å². The van der Waals surface area contributed by atoms with Crippen LogP contribution in [0.5, 0.6) is 11.5 Å². The molecule has 1 aromatic heterocycles. The molecule has 1 heterocycles. The summed E-state index contributed by atoms with van der Waals surface area (Å²) in [5.41, 5.74) is 0. The first-order chi connectivity index (χ1) is 11.0. The smallest absolute Gasteiger partial charge is 0.244 e. The van der Waals surface area contributed by atoms with Crippen molar-refractivity contribution in [1.82, 2.24) is 4.72 Å². The van der Waals surface area contributed by atoms with Crippen molar-refractivity contribution in [2.45, 2.75) is 11.0 Å². The van der Waals surface area contributed by atoms with Crippen LogP contribution in [0.15, 0.2) is 45.9 Å². The highest BCUT2D eigenvalue weighted by Crippen LogP contribution is 2.28. The zero-order valence-electron chi connectivity index (χ0n) is 13.1. The molecule has 0 saturated heterocycles. The van der Waals surface area contributed by atoms with Gasteiger partial charge in [-0.1, -0.05) is 0 Å². The minimum Gasteiger partial charge on any atom is -0.497 e. The first kappa shape index (κ1) is 17.3. The van der Waals surface area contributed by atoms with Crippen molar-refractivity contribution in [3.8, 4) is 11.5 Å². The van der Waals surface area contributed by atoms with Crippen LogP contribution >= 0.6 is 0 Å². The van der Waals surface area contributed by atoms with Gasteiger partial charge in [0.15, 0.2) is 0 Å². The molecule has 0 saturated carbocycles. The normalized spacial score (nSPS) is 12.8. The lowest BCUT2D eigenvalue weighted by Gasteiger charge is -2.15. The molecule has 1 atom stereocenters. The second-order valence-electron chi connectivity index (χ2n) is 4.61. The fourth-order valence-corrected chi connectivity index (χ4v) is 3.25. The molecule has 0 bridgehead atoms. The number of hydrogen-bond donors (Lipinski definition) is 1. The van der Waals surface area contributed by atoms with Crippen molar-refractivity contribution in [2.24, 2.45) is 0 Å². The van der Waals surface area contributed by atoms with E-state index in [-0.39, 0.29) is 17.2 Å². The van der Waals surface area contributed by atoms with E-state index in [1.54, 1.807) is 18.2 Å². The van der Waals surface area contributed by atoms with E-state index in [9.17, 15) is 8.42 Å². The van der Waals surface area contributed by atoms with Crippen LogP contribution in [0.2, 0.25) is 0 Å². The lowest BCUT2D eigenvalue weighted by molar-refractivity contribution is 0.0878. The lowest BCUT2D eigenvalue weighted by atomic mass is 10.3. The third-order valence-electron chi connectivity index (χ3n) is 3.26. The Hall–Kier alpha value is -2.03. The summed E-state index contributed by atoms with van der Waals surface area (Å²) in [4.78, 5) is -0.00588. The van der Waals surface area contributed by atoms with Gasteiger partial charge in [-0.2, -0.15) is 0 Å². The molecule has 1 aromatic carbocycles. The van der Waals surface area contributed by atoms with Gasteiger partial charge in [-0.15, -0.1) is 0 Å². The van der Waals surface area contributed by atoms with Crippen LogP contribution in [-0.2, 0) is 14.8 Å². The lowest BCUT2D eigenvalue weighted by Crippen LogP contribution is -2.29. The summed E-state index contributed by atoms with van der Waals surface area (Å²) in [6, 6.07) is 7.98. The summed E-state index contributed by atoms with van der Waals surface area (Å²) in [7, 11) is 0.537. The third kappa shape index (κ3) is 4.04. The zero-order valence-corrected chi connectivity index (χ0v) is 13.9. The number of furan rings is 1. The molecule has 2 rings (SSSR count). The van der Waals surface area contributed by atoms with Crippen LogP contribution in [0.1, 0.15) is 11.9 Å². The predicted molar refractivity (Wildman–Crippen MR) is 83.2 cm³/mol. The molecule has 7 nitrogen and oxygen atoms in total. The molecular weight excluding hydrogens is 322 g/mol. The SMILES string of the molecule is COc1ccc(OC)c(S(=O)(=O)NCC(OC)c2ccco2)c1. The van der Waals surface area contributed by atoms with Gasteiger partial charge >= 0.3 is 0 Å². The number of rotatable bonds is 8. The Morgan fingerprint density at radius 3 is 2.52 bits per heavy atom. The van der Waals surface area contributed by atoms with Gasteiger partial charge in [0.25, 0.3) is 0 Å². The summed E-state index contributed by atoms with van der Waals surface area (Å²) in [5.74, 6) is 1.18. The molecule has 2 aromatic rings. The fourth-order valence-electron chi connectivity index (χ4n) is 2.03. The molecule has 1 unspecified atom stereocenters. The molecule has 1 N–H and O–H groups in total. The number of sulfonamides is 1. The molecule has 0 aliphatic heterocycles. The van der Waals surface area contributed by atoms with Crippen molar-refractivity contribution in [1.29, 1.82) is 0 Å². The number of methoxy groups -OCH3 is 3. The molecule has 23 heavy (non-hydrogen) atoms. The Morgan fingerprint density at radius 1 is 1.17 bits per heavy atom. The Morgan fingerprint density at radius 2 is 1.96 bits per heavy atom. The summed E-state index contributed by atoms with van der Waals surface area (Å²) >= 11 is 0. The summed E-state index contributed by atoms with van der Waals surface area (Å²) in [5, 5.41) is 0. The maximum atomic E-state index is 12.5. The Bertz CT molecular complexity index is 726. The van der Waals surface area contributed by atoms with Gasteiger partial charge in [-0.3, -0.25) is 0 Å². The van der Waals surface area contributed by atoms with Gasteiger partial charge < -0.3 is 18.6 Å².